The van der Waals surface area contributed by atoms with Crippen molar-refractivity contribution in [1.29, 1.82) is 0 Å². The highest BCUT2D eigenvalue weighted by molar-refractivity contribution is 5.96. The van der Waals surface area contributed by atoms with Gasteiger partial charge in [-0.1, -0.05) is 30.3 Å². The van der Waals surface area contributed by atoms with E-state index >= 15 is 0 Å². The zero-order chi connectivity index (χ0) is 20.4. The highest BCUT2D eigenvalue weighted by atomic mass is 16.2. The lowest BCUT2D eigenvalue weighted by atomic mass is 10.0. The molecule has 7 heteroatoms. The average molecular weight is 389 g/mol. The van der Waals surface area contributed by atoms with Crippen molar-refractivity contribution in [2.45, 2.75) is 13.8 Å². The lowest BCUT2D eigenvalue weighted by Gasteiger charge is -2.35. The van der Waals surface area contributed by atoms with Gasteiger partial charge >= 0.3 is 0 Å². The molecule has 7 nitrogen and oxygen atoms in total. The fourth-order valence-corrected chi connectivity index (χ4v) is 3.61. The quantitative estimate of drug-likeness (QED) is 0.745. The number of pyridine rings is 2. The van der Waals surface area contributed by atoms with Crippen molar-refractivity contribution >= 4 is 34.5 Å². The molecule has 1 aliphatic rings. The monoisotopic (exact) mass is 389 g/mol. The number of benzene rings is 1. The third-order valence-electron chi connectivity index (χ3n) is 5.10. The first-order chi connectivity index (χ1) is 14.0. The minimum atomic E-state index is -0.170. The van der Waals surface area contributed by atoms with Crippen molar-refractivity contribution in [1.82, 2.24) is 14.9 Å². The van der Waals surface area contributed by atoms with E-state index in [1.807, 2.05) is 29.2 Å². The largest absolute Gasteiger partial charge is 0.353 e. The summed E-state index contributed by atoms with van der Waals surface area (Å²) < 4.78 is 0. The number of rotatable bonds is 3. The van der Waals surface area contributed by atoms with Gasteiger partial charge in [0, 0.05) is 45.4 Å². The van der Waals surface area contributed by atoms with E-state index in [2.05, 4.69) is 33.4 Å². The number of nitrogens with one attached hydrogen (secondary N) is 1. The van der Waals surface area contributed by atoms with E-state index in [1.165, 1.54) is 6.92 Å². The van der Waals surface area contributed by atoms with E-state index in [1.54, 1.807) is 13.0 Å². The smallest absolute Gasteiger partial charge is 0.222 e. The Labute approximate surface area is 169 Å². The number of carbonyl (C=O) groups is 2. The van der Waals surface area contributed by atoms with Crippen LogP contribution >= 0.6 is 0 Å². The first kappa shape index (κ1) is 18.9. The van der Waals surface area contributed by atoms with Gasteiger partial charge in [0.05, 0.1) is 0 Å². The van der Waals surface area contributed by atoms with Gasteiger partial charge < -0.3 is 15.1 Å². The normalized spacial score (nSPS) is 14.1. The number of aromatic nitrogens is 2. The van der Waals surface area contributed by atoms with Crippen LogP contribution in [0.2, 0.25) is 0 Å². The second kappa shape index (κ2) is 7.87. The van der Waals surface area contributed by atoms with Crippen LogP contribution in [0.4, 0.5) is 11.6 Å². The summed E-state index contributed by atoms with van der Waals surface area (Å²) in [5.74, 6) is 1.24. The Morgan fingerprint density at radius 1 is 0.931 bits per heavy atom. The van der Waals surface area contributed by atoms with Crippen LogP contribution in [0, 0.1) is 0 Å². The van der Waals surface area contributed by atoms with Gasteiger partial charge in [0.25, 0.3) is 0 Å². The fraction of sp³-hybridized carbons (Fsp3) is 0.273. The zero-order valence-electron chi connectivity index (χ0n) is 16.6. The maximum atomic E-state index is 11.6. The number of carbonyl (C=O) groups excluding carboxylic acids is 2. The maximum Gasteiger partial charge on any atom is 0.222 e. The van der Waals surface area contributed by atoms with Crippen molar-refractivity contribution < 1.29 is 9.59 Å². The number of hydrogen-bond donors (Lipinski definition) is 1. The molecule has 3 aromatic rings. The van der Waals surface area contributed by atoms with E-state index in [4.69, 9.17) is 4.98 Å². The minimum Gasteiger partial charge on any atom is -0.353 e. The van der Waals surface area contributed by atoms with Gasteiger partial charge in [-0.15, -0.1) is 0 Å². The van der Waals surface area contributed by atoms with Gasteiger partial charge in [0.2, 0.25) is 11.8 Å². The van der Waals surface area contributed by atoms with Crippen molar-refractivity contribution in [3.8, 4) is 11.1 Å². The molecule has 0 atom stereocenters. The predicted molar refractivity (Wildman–Crippen MR) is 114 cm³/mol. The average Bonchev–Trinajstić information content (AvgIpc) is 2.73. The Hall–Kier alpha value is -3.48. The predicted octanol–water partition coefficient (Wildman–Crippen LogP) is 2.92. The van der Waals surface area contributed by atoms with E-state index < -0.39 is 0 Å². The lowest BCUT2D eigenvalue weighted by molar-refractivity contribution is -0.129. The molecule has 2 aromatic heterocycles. The molecular formula is C22H23N5O2. The molecule has 0 unspecified atom stereocenters. The summed E-state index contributed by atoms with van der Waals surface area (Å²) >= 11 is 0. The van der Waals surface area contributed by atoms with Gasteiger partial charge in [0.1, 0.15) is 11.6 Å². The summed E-state index contributed by atoms with van der Waals surface area (Å²) in [6.45, 7) is 5.85. The van der Waals surface area contributed by atoms with Crippen LogP contribution in [0.25, 0.3) is 22.2 Å². The summed E-state index contributed by atoms with van der Waals surface area (Å²) in [5.41, 5.74) is 2.71. The standard InChI is InChI=1S/C22H23N5O2/c1-15(28)23-20-9-8-18-19(17-6-4-3-5-7-17)14-21(25-22(18)24-20)27-12-10-26(11-13-27)16(2)29/h3-9,14H,10-13H2,1-2H3,(H,23,24,25,28). The second-order valence-electron chi connectivity index (χ2n) is 7.14. The van der Waals surface area contributed by atoms with Crippen molar-refractivity contribution in [2.75, 3.05) is 36.4 Å². The first-order valence-corrected chi connectivity index (χ1v) is 9.66. The minimum absolute atomic E-state index is 0.0997. The van der Waals surface area contributed by atoms with Gasteiger partial charge in [-0.3, -0.25) is 9.59 Å². The third-order valence-corrected chi connectivity index (χ3v) is 5.10. The Morgan fingerprint density at radius 3 is 2.31 bits per heavy atom. The van der Waals surface area contributed by atoms with Crippen LogP contribution in [-0.2, 0) is 9.59 Å². The van der Waals surface area contributed by atoms with Crippen LogP contribution < -0.4 is 10.2 Å². The third kappa shape index (κ3) is 4.03. The Balaban J connectivity index is 1.78. The molecule has 0 radical (unpaired) electrons. The van der Waals surface area contributed by atoms with E-state index in [0.717, 1.165) is 35.4 Å². The molecule has 1 aromatic carbocycles. The Kier molecular flexibility index (Phi) is 5.12. The highest BCUT2D eigenvalue weighted by Crippen LogP contribution is 2.31. The van der Waals surface area contributed by atoms with Gasteiger partial charge in [-0.25, -0.2) is 9.97 Å². The second-order valence-corrected chi connectivity index (χ2v) is 7.14. The molecule has 0 bridgehead atoms. The molecule has 1 fully saturated rings. The van der Waals surface area contributed by atoms with Crippen LogP contribution in [0.3, 0.4) is 0 Å². The zero-order valence-corrected chi connectivity index (χ0v) is 16.6. The fourth-order valence-electron chi connectivity index (χ4n) is 3.61. The van der Waals surface area contributed by atoms with Crippen LogP contribution in [0.5, 0.6) is 0 Å². The molecule has 1 saturated heterocycles. The molecular weight excluding hydrogens is 366 g/mol. The summed E-state index contributed by atoms with van der Waals surface area (Å²) in [5, 5.41) is 3.65. The number of hydrogen-bond acceptors (Lipinski definition) is 5. The van der Waals surface area contributed by atoms with Crippen molar-refractivity contribution in [3.05, 3.63) is 48.5 Å². The van der Waals surface area contributed by atoms with Gasteiger partial charge in [-0.05, 0) is 29.3 Å². The highest BCUT2D eigenvalue weighted by Gasteiger charge is 2.21. The molecule has 148 valence electrons. The Morgan fingerprint density at radius 2 is 1.66 bits per heavy atom. The first-order valence-electron chi connectivity index (χ1n) is 9.66. The van der Waals surface area contributed by atoms with Crippen molar-refractivity contribution in [3.63, 3.8) is 0 Å². The number of anilines is 2. The number of piperazine rings is 1. The van der Waals surface area contributed by atoms with Crippen LogP contribution in [-0.4, -0.2) is 52.9 Å². The molecule has 3 heterocycles. The number of nitrogens with zero attached hydrogens (tertiary/aromatic N) is 4. The molecule has 29 heavy (non-hydrogen) atoms. The Bertz CT molecular complexity index is 1060. The summed E-state index contributed by atoms with van der Waals surface area (Å²) in [6.07, 6.45) is 0. The summed E-state index contributed by atoms with van der Waals surface area (Å²) in [4.78, 5) is 36.4. The maximum absolute atomic E-state index is 11.6. The SMILES string of the molecule is CC(=O)Nc1ccc2c(-c3ccccc3)cc(N3CCN(C(C)=O)CC3)nc2n1. The van der Waals surface area contributed by atoms with Gasteiger partial charge in [-0.2, -0.15) is 0 Å². The number of fused-ring (bicyclic) bond motifs is 1. The van der Waals surface area contributed by atoms with E-state index in [-0.39, 0.29) is 11.8 Å². The van der Waals surface area contributed by atoms with Gasteiger partial charge in [0.15, 0.2) is 5.65 Å². The summed E-state index contributed by atoms with van der Waals surface area (Å²) in [7, 11) is 0. The molecule has 0 saturated carbocycles. The van der Waals surface area contributed by atoms with E-state index in [9.17, 15) is 9.59 Å². The molecule has 4 rings (SSSR count). The molecule has 2 amide bonds. The topological polar surface area (TPSA) is 78.4 Å². The summed E-state index contributed by atoms with van der Waals surface area (Å²) in [6, 6.07) is 16.0. The number of amides is 2. The molecule has 1 aliphatic heterocycles. The van der Waals surface area contributed by atoms with Crippen LogP contribution in [0.1, 0.15) is 13.8 Å². The van der Waals surface area contributed by atoms with Crippen molar-refractivity contribution in [2.24, 2.45) is 0 Å². The van der Waals surface area contributed by atoms with Crippen LogP contribution in [0.15, 0.2) is 48.5 Å². The molecule has 0 spiro atoms. The molecule has 0 aliphatic carbocycles. The molecule has 1 N–H and O–H groups in total. The lowest BCUT2D eigenvalue weighted by Crippen LogP contribution is -2.48. The van der Waals surface area contributed by atoms with E-state index in [0.29, 0.717) is 24.6 Å².